The van der Waals surface area contributed by atoms with Crippen molar-refractivity contribution in [3.05, 3.63) is 42.5 Å². The lowest BCUT2D eigenvalue weighted by Gasteiger charge is -2.27. The van der Waals surface area contributed by atoms with E-state index in [1.54, 1.807) is 11.2 Å². The number of hydrogen-bond acceptors (Lipinski definition) is 4. The number of para-hydroxylation sites is 1. The van der Waals surface area contributed by atoms with Crippen molar-refractivity contribution in [2.45, 2.75) is 13.1 Å². The molecule has 0 fully saturated rings. The Hall–Kier alpha value is -2.37. The van der Waals surface area contributed by atoms with Gasteiger partial charge in [0.25, 0.3) is 0 Å². The third-order valence-electron chi connectivity index (χ3n) is 3.21. The maximum Gasteiger partial charge on any atom is 0.242 e. The molecule has 0 radical (unpaired) electrons. The van der Waals surface area contributed by atoms with Gasteiger partial charge in [0.15, 0.2) is 5.82 Å². The minimum absolute atomic E-state index is 0.0816. The minimum Gasteiger partial charge on any atom is -0.376 e. The molecule has 0 aliphatic carbocycles. The van der Waals surface area contributed by atoms with Crippen LogP contribution in [0, 0.1) is 0 Å². The standard InChI is InChI=1S/C13H15N5O/c19-13(8-14-11-4-2-1-3-5-11)17-6-7-18-10-15-16-12(18)9-17/h1-5,10,14H,6-9H2. The highest BCUT2D eigenvalue weighted by Gasteiger charge is 2.21. The molecule has 0 atom stereocenters. The summed E-state index contributed by atoms with van der Waals surface area (Å²) < 4.78 is 1.98. The summed E-state index contributed by atoms with van der Waals surface area (Å²) in [7, 11) is 0. The van der Waals surface area contributed by atoms with Gasteiger partial charge in [0.2, 0.25) is 5.91 Å². The molecule has 2 heterocycles. The van der Waals surface area contributed by atoms with Crippen molar-refractivity contribution in [2.24, 2.45) is 0 Å². The van der Waals surface area contributed by atoms with Gasteiger partial charge in [-0.2, -0.15) is 0 Å². The van der Waals surface area contributed by atoms with Crippen LogP contribution in [0.5, 0.6) is 0 Å². The Morgan fingerprint density at radius 3 is 2.95 bits per heavy atom. The second kappa shape index (κ2) is 5.09. The monoisotopic (exact) mass is 257 g/mol. The van der Waals surface area contributed by atoms with Crippen LogP contribution >= 0.6 is 0 Å². The van der Waals surface area contributed by atoms with Crippen molar-refractivity contribution in [3.63, 3.8) is 0 Å². The van der Waals surface area contributed by atoms with Gasteiger partial charge in [0, 0.05) is 18.8 Å². The predicted molar refractivity (Wildman–Crippen MR) is 70.4 cm³/mol. The van der Waals surface area contributed by atoms with Gasteiger partial charge in [0.1, 0.15) is 6.33 Å². The first-order valence-electron chi connectivity index (χ1n) is 6.26. The van der Waals surface area contributed by atoms with Crippen LogP contribution in [-0.2, 0) is 17.9 Å². The Morgan fingerprint density at radius 2 is 2.11 bits per heavy atom. The maximum atomic E-state index is 12.1. The van der Waals surface area contributed by atoms with E-state index in [2.05, 4.69) is 15.5 Å². The highest BCUT2D eigenvalue weighted by atomic mass is 16.2. The third-order valence-corrected chi connectivity index (χ3v) is 3.21. The Bertz CT molecular complexity index is 565. The zero-order valence-corrected chi connectivity index (χ0v) is 10.5. The van der Waals surface area contributed by atoms with Crippen molar-refractivity contribution in [1.82, 2.24) is 19.7 Å². The number of hydrogen-bond donors (Lipinski definition) is 1. The molecule has 0 spiro atoms. The summed E-state index contributed by atoms with van der Waals surface area (Å²) in [5, 5.41) is 11.0. The van der Waals surface area contributed by atoms with Crippen LogP contribution < -0.4 is 5.32 Å². The lowest BCUT2D eigenvalue weighted by atomic mass is 10.3. The van der Waals surface area contributed by atoms with Crippen molar-refractivity contribution >= 4 is 11.6 Å². The summed E-state index contributed by atoms with van der Waals surface area (Å²) in [6, 6.07) is 9.72. The Labute approximate surface area is 111 Å². The van der Waals surface area contributed by atoms with Gasteiger partial charge in [-0.05, 0) is 12.1 Å². The van der Waals surface area contributed by atoms with Crippen LogP contribution in [0.25, 0.3) is 0 Å². The van der Waals surface area contributed by atoms with Crippen LogP contribution in [-0.4, -0.2) is 38.7 Å². The smallest absolute Gasteiger partial charge is 0.242 e. The molecule has 2 aromatic rings. The molecule has 6 nitrogen and oxygen atoms in total. The Kier molecular flexibility index (Phi) is 3.14. The summed E-state index contributed by atoms with van der Waals surface area (Å²) >= 11 is 0. The first-order chi connectivity index (χ1) is 9.33. The van der Waals surface area contributed by atoms with Crippen molar-refractivity contribution in [1.29, 1.82) is 0 Å². The van der Waals surface area contributed by atoms with Crippen LogP contribution in [0.4, 0.5) is 5.69 Å². The number of fused-ring (bicyclic) bond motifs is 1. The van der Waals surface area contributed by atoms with E-state index in [1.165, 1.54) is 0 Å². The lowest BCUT2D eigenvalue weighted by molar-refractivity contribution is -0.130. The molecular formula is C13H15N5O. The molecular weight excluding hydrogens is 242 g/mol. The average molecular weight is 257 g/mol. The molecule has 1 N–H and O–H groups in total. The Morgan fingerprint density at radius 1 is 1.26 bits per heavy atom. The molecule has 19 heavy (non-hydrogen) atoms. The number of carbonyl (C=O) groups is 1. The predicted octanol–water partition coefficient (Wildman–Crippen LogP) is 0.732. The van der Waals surface area contributed by atoms with Crippen LogP contribution in [0.15, 0.2) is 36.7 Å². The molecule has 1 aromatic heterocycles. The highest BCUT2D eigenvalue weighted by Crippen LogP contribution is 2.10. The fraction of sp³-hybridized carbons (Fsp3) is 0.308. The highest BCUT2D eigenvalue weighted by molar-refractivity contribution is 5.80. The topological polar surface area (TPSA) is 63.1 Å². The van der Waals surface area contributed by atoms with Gasteiger partial charge < -0.3 is 14.8 Å². The number of anilines is 1. The molecule has 1 aromatic carbocycles. The molecule has 0 saturated heterocycles. The fourth-order valence-electron chi connectivity index (χ4n) is 2.12. The number of nitrogens with one attached hydrogen (secondary N) is 1. The molecule has 3 rings (SSSR count). The number of nitrogens with zero attached hydrogens (tertiary/aromatic N) is 4. The van der Waals surface area contributed by atoms with E-state index in [4.69, 9.17) is 0 Å². The number of rotatable bonds is 3. The maximum absolute atomic E-state index is 12.1. The summed E-state index contributed by atoms with van der Waals surface area (Å²) in [5.41, 5.74) is 0.955. The summed E-state index contributed by atoms with van der Waals surface area (Å²) in [6.45, 7) is 2.31. The zero-order chi connectivity index (χ0) is 13.1. The van der Waals surface area contributed by atoms with Gasteiger partial charge in [-0.1, -0.05) is 18.2 Å². The number of aromatic nitrogens is 3. The summed E-state index contributed by atoms with van der Waals surface area (Å²) in [4.78, 5) is 13.9. The van der Waals surface area contributed by atoms with E-state index in [1.807, 2.05) is 34.9 Å². The van der Waals surface area contributed by atoms with Crippen LogP contribution in [0.3, 0.4) is 0 Å². The van der Waals surface area contributed by atoms with Crippen molar-refractivity contribution < 1.29 is 4.79 Å². The van der Waals surface area contributed by atoms with Gasteiger partial charge in [-0.15, -0.1) is 10.2 Å². The molecule has 6 heteroatoms. The SMILES string of the molecule is O=C(CNc1ccccc1)N1CCn2cnnc2C1. The molecule has 0 unspecified atom stereocenters. The molecule has 1 amide bonds. The lowest BCUT2D eigenvalue weighted by Crippen LogP contribution is -2.41. The first-order valence-corrected chi connectivity index (χ1v) is 6.26. The molecule has 0 bridgehead atoms. The summed E-state index contributed by atoms with van der Waals surface area (Å²) in [6.07, 6.45) is 1.71. The molecule has 1 aliphatic heterocycles. The summed E-state index contributed by atoms with van der Waals surface area (Å²) in [5.74, 6) is 0.928. The Balaban J connectivity index is 1.57. The van der Waals surface area contributed by atoms with Gasteiger partial charge >= 0.3 is 0 Å². The fourth-order valence-corrected chi connectivity index (χ4v) is 2.12. The van der Waals surface area contributed by atoms with Crippen LogP contribution in [0.1, 0.15) is 5.82 Å². The molecule has 98 valence electrons. The quantitative estimate of drug-likeness (QED) is 0.880. The number of amides is 1. The number of benzene rings is 1. The first kappa shape index (κ1) is 11.7. The average Bonchev–Trinajstić information content (AvgIpc) is 2.93. The van der Waals surface area contributed by atoms with E-state index < -0.39 is 0 Å². The molecule has 0 saturated carbocycles. The molecule has 1 aliphatic rings. The third kappa shape index (κ3) is 2.57. The van der Waals surface area contributed by atoms with Crippen LogP contribution in [0.2, 0.25) is 0 Å². The zero-order valence-electron chi connectivity index (χ0n) is 10.5. The van der Waals surface area contributed by atoms with Crippen molar-refractivity contribution in [2.75, 3.05) is 18.4 Å². The van der Waals surface area contributed by atoms with E-state index in [0.29, 0.717) is 19.6 Å². The van der Waals surface area contributed by atoms with E-state index in [9.17, 15) is 4.79 Å². The van der Waals surface area contributed by atoms with E-state index in [0.717, 1.165) is 18.1 Å². The van der Waals surface area contributed by atoms with Gasteiger partial charge in [-0.3, -0.25) is 4.79 Å². The normalized spacial score (nSPS) is 14.0. The van der Waals surface area contributed by atoms with E-state index in [-0.39, 0.29) is 5.91 Å². The number of carbonyl (C=O) groups excluding carboxylic acids is 1. The van der Waals surface area contributed by atoms with E-state index >= 15 is 0 Å². The van der Waals surface area contributed by atoms with Crippen molar-refractivity contribution in [3.8, 4) is 0 Å². The second-order valence-corrected chi connectivity index (χ2v) is 4.48. The minimum atomic E-state index is 0.0816. The largest absolute Gasteiger partial charge is 0.376 e. The van der Waals surface area contributed by atoms with Gasteiger partial charge in [-0.25, -0.2) is 0 Å². The second-order valence-electron chi connectivity index (χ2n) is 4.48. The van der Waals surface area contributed by atoms with Gasteiger partial charge in [0.05, 0.1) is 13.1 Å².